The topological polar surface area (TPSA) is 41.1 Å². The highest BCUT2D eigenvalue weighted by Gasteiger charge is 1.99. The zero-order valence-electron chi connectivity index (χ0n) is 12.0. The predicted molar refractivity (Wildman–Crippen MR) is 83.8 cm³/mol. The van der Waals surface area contributed by atoms with Gasteiger partial charge in [0.1, 0.15) is 0 Å². The second kappa shape index (κ2) is 8.99. The highest BCUT2D eigenvalue weighted by Crippen LogP contribution is 2.21. The van der Waals surface area contributed by atoms with Gasteiger partial charge in [-0.2, -0.15) is 0 Å². The Bertz CT molecular complexity index is 378. The van der Waals surface area contributed by atoms with Gasteiger partial charge in [0.25, 0.3) is 0 Å². The molecule has 19 heavy (non-hydrogen) atoms. The molecule has 3 nitrogen and oxygen atoms in total. The number of thioether (sulfide) groups is 1. The normalized spacial score (nSPS) is 12.2. The maximum atomic E-state index is 10.9. The number of carbonyl (C=O) groups excluding carboxylic acids is 1. The summed E-state index contributed by atoms with van der Waals surface area (Å²) in [5.41, 5.74) is 0.861. The van der Waals surface area contributed by atoms with Gasteiger partial charge < -0.3 is 10.6 Å². The number of amides is 1. The van der Waals surface area contributed by atoms with E-state index < -0.39 is 0 Å². The van der Waals surface area contributed by atoms with Crippen LogP contribution in [0.3, 0.4) is 0 Å². The monoisotopic (exact) mass is 280 g/mol. The van der Waals surface area contributed by atoms with Crippen molar-refractivity contribution in [3.05, 3.63) is 24.3 Å². The van der Waals surface area contributed by atoms with Crippen molar-refractivity contribution in [1.82, 2.24) is 5.32 Å². The van der Waals surface area contributed by atoms with Gasteiger partial charge in [0, 0.05) is 23.5 Å². The van der Waals surface area contributed by atoms with Gasteiger partial charge in [-0.1, -0.05) is 6.42 Å². The van der Waals surface area contributed by atoms with Crippen molar-refractivity contribution < 1.29 is 4.79 Å². The molecule has 106 valence electrons. The van der Waals surface area contributed by atoms with Crippen LogP contribution < -0.4 is 10.6 Å². The third kappa shape index (κ3) is 7.23. The largest absolute Gasteiger partial charge is 0.326 e. The van der Waals surface area contributed by atoms with Gasteiger partial charge in [0.2, 0.25) is 5.91 Å². The summed E-state index contributed by atoms with van der Waals surface area (Å²) < 4.78 is 0. The minimum atomic E-state index is -0.0287. The lowest BCUT2D eigenvalue weighted by Gasteiger charge is -2.09. The molecule has 0 aromatic heterocycles. The van der Waals surface area contributed by atoms with Crippen molar-refractivity contribution in [3.8, 4) is 0 Å². The van der Waals surface area contributed by atoms with Crippen LogP contribution in [0.4, 0.5) is 5.69 Å². The zero-order chi connectivity index (χ0) is 14.1. The van der Waals surface area contributed by atoms with Crippen LogP contribution in [0.15, 0.2) is 29.2 Å². The molecule has 1 unspecified atom stereocenters. The van der Waals surface area contributed by atoms with E-state index in [0.29, 0.717) is 6.04 Å². The summed E-state index contributed by atoms with van der Waals surface area (Å²) in [6.45, 7) is 3.74. The minimum Gasteiger partial charge on any atom is -0.326 e. The van der Waals surface area contributed by atoms with Crippen molar-refractivity contribution in [2.75, 3.05) is 18.1 Å². The summed E-state index contributed by atoms with van der Waals surface area (Å²) >= 11 is 1.87. The van der Waals surface area contributed by atoms with E-state index in [4.69, 9.17) is 0 Å². The number of hydrogen-bond acceptors (Lipinski definition) is 3. The van der Waals surface area contributed by atoms with Gasteiger partial charge >= 0.3 is 0 Å². The maximum absolute atomic E-state index is 10.9. The Morgan fingerprint density at radius 1 is 1.26 bits per heavy atom. The van der Waals surface area contributed by atoms with Crippen LogP contribution in [-0.4, -0.2) is 24.7 Å². The van der Waals surface area contributed by atoms with E-state index in [2.05, 4.69) is 29.7 Å². The number of hydrogen-bond donors (Lipinski definition) is 2. The fraction of sp³-hybridized carbons (Fsp3) is 0.533. The SMILES string of the molecule is CNC(C)CCCCSc1ccc(NC(C)=O)cc1. The van der Waals surface area contributed by atoms with Gasteiger partial charge in [-0.3, -0.25) is 4.79 Å². The molecule has 0 radical (unpaired) electrons. The lowest BCUT2D eigenvalue weighted by Crippen LogP contribution is -2.20. The molecule has 1 atom stereocenters. The van der Waals surface area contributed by atoms with Crippen molar-refractivity contribution >= 4 is 23.4 Å². The molecule has 1 rings (SSSR count). The Morgan fingerprint density at radius 3 is 2.53 bits per heavy atom. The first-order valence-electron chi connectivity index (χ1n) is 6.79. The fourth-order valence-corrected chi connectivity index (χ4v) is 2.64. The molecular weight excluding hydrogens is 256 g/mol. The molecular formula is C15H24N2OS. The molecule has 0 saturated heterocycles. The predicted octanol–water partition coefficient (Wildman–Crippen LogP) is 3.52. The number of rotatable bonds is 8. The van der Waals surface area contributed by atoms with E-state index in [9.17, 15) is 4.79 Å². The molecule has 0 spiro atoms. The van der Waals surface area contributed by atoms with E-state index in [-0.39, 0.29) is 5.91 Å². The Kier molecular flexibility index (Phi) is 7.60. The lowest BCUT2D eigenvalue weighted by molar-refractivity contribution is -0.114. The maximum Gasteiger partial charge on any atom is 0.221 e. The summed E-state index contributed by atoms with van der Waals surface area (Å²) in [4.78, 5) is 12.2. The van der Waals surface area contributed by atoms with Crippen molar-refractivity contribution in [2.24, 2.45) is 0 Å². The molecule has 0 heterocycles. The highest BCUT2D eigenvalue weighted by molar-refractivity contribution is 7.99. The number of nitrogens with one attached hydrogen (secondary N) is 2. The van der Waals surface area contributed by atoms with Crippen LogP contribution in [0, 0.1) is 0 Å². The van der Waals surface area contributed by atoms with Crippen molar-refractivity contribution in [1.29, 1.82) is 0 Å². The van der Waals surface area contributed by atoms with Gasteiger partial charge in [-0.15, -0.1) is 11.8 Å². The smallest absolute Gasteiger partial charge is 0.221 e. The Labute approximate surface area is 120 Å². The highest BCUT2D eigenvalue weighted by atomic mass is 32.2. The second-order valence-corrected chi connectivity index (χ2v) is 5.91. The summed E-state index contributed by atoms with van der Waals surface area (Å²) in [7, 11) is 2.01. The van der Waals surface area contributed by atoms with E-state index in [1.165, 1.54) is 31.1 Å². The molecule has 0 aliphatic rings. The fourth-order valence-electron chi connectivity index (χ4n) is 1.72. The molecule has 0 aliphatic carbocycles. The van der Waals surface area contributed by atoms with Gasteiger partial charge in [0.05, 0.1) is 0 Å². The van der Waals surface area contributed by atoms with Gasteiger partial charge in [-0.05, 0) is 56.8 Å². The van der Waals surface area contributed by atoms with Gasteiger partial charge in [-0.25, -0.2) is 0 Å². The molecule has 0 fully saturated rings. The Balaban J connectivity index is 2.21. The van der Waals surface area contributed by atoms with Crippen molar-refractivity contribution in [2.45, 2.75) is 44.0 Å². The number of unbranched alkanes of at least 4 members (excludes halogenated alkanes) is 1. The number of carbonyl (C=O) groups is 1. The summed E-state index contributed by atoms with van der Waals surface area (Å²) in [6, 6.07) is 8.64. The average molecular weight is 280 g/mol. The third-order valence-electron chi connectivity index (χ3n) is 2.97. The molecule has 0 saturated carbocycles. The van der Waals surface area contributed by atoms with Gasteiger partial charge in [0.15, 0.2) is 0 Å². The van der Waals surface area contributed by atoms with E-state index in [0.717, 1.165) is 11.4 Å². The number of anilines is 1. The molecule has 0 bridgehead atoms. The molecule has 4 heteroatoms. The molecule has 1 aromatic carbocycles. The number of benzene rings is 1. The molecule has 2 N–H and O–H groups in total. The van der Waals surface area contributed by atoms with Crippen LogP contribution in [0.2, 0.25) is 0 Å². The first kappa shape index (κ1) is 16.1. The summed E-state index contributed by atoms with van der Waals surface area (Å²) in [5, 5.41) is 6.03. The third-order valence-corrected chi connectivity index (χ3v) is 4.07. The summed E-state index contributed by atoms with van der Waals surface area (Å²) in [5.74, 6) is 1.12. The van der Waals surface area contributed by atoms with E-state index in [1.54, 1.807) is 0 Å². The Morgan fingerprint density at radius 2 is 1.95 bits per heavy atom. The van der Waals surface area contributed by atoms with Crippen molar-refractivity contribution in [3.63, 3.8) is 0 Å². The first-order chi connectivity index (χ1) is 9.11. The standard InChI is InChI=1S/C15H24N2OS/c1-12(16-3)6-4-5-11-19-15-9-7-14(8-10-15)17-13(2)18/h7-10,12,16H,4-6,11H2,1-3H3,(H,17,18). The zero-order valence-corrected chi connectivity index (χ0v) is 12.8. The minimum absolute atomic E-state index is 0.0287. The molecule has 0 aliphatic heterocycles. The second-order valence-electron chi connectivity index (χ2n) is 4.74. The van der Waals surface area contributed by atoms with E-state index >= 15 is 0 Å². The average Bonchev–Trinajstić information content (AvgIpc) is 2.39. The molecule has 1 aromatic rings. The van der Waals surface area contributed by atoms with E-state index in [1.807, 2.05) is 30.9 Å². The lowest BCUT2D eigenvalue weighted by atomic mass is 10.1. The van der Waals surface area contributed by atoms with Crippen LogP contribution in [0.25, 0.3) is 0 Å². The Hall–Kier alpha value is -1.00. The summed E-state index contributed by atoms with van der Waals surface area (Å²) in [6.07, 6.45) is 3.74. The quantitative estimate of drug-likeness (QED) is 0.565. The van der Waals surface area contributed by atoms with Crippen LogP contribution in [-0.2, 0) is 4.79 Å². The van der Waals surface area contributed by atoms with Crippen LogP contribution >= 0.6 is 11.8 Å². The molecule has 1 amide bonds. The first-order valence-corrected chi connectivity index (χ1v) is 7.78. The van der Waals surface area contributed by atoms with Crippen LogP contribution in [0.5, 0.6) is 0 Å². The van der Waals surface area contributed by atoms with Crippen LogP contribution in [0.1, 0.15) is 33.1 Å².